The van der Waals surface area contributed by atoms with Gasteiger partial charge in [-0.2, -0.15) is 4.31 Å². The van der Waals surface area contributed by atoms with Crippen LogP contribution < -0.4 is 4.74 Å². The van der Waals surface area contributed by atoms with E-state index >= 15 is 0 Å². The molecule has 3 aromatic rings. The molecule has 2 aromatic heterocycles. The average molecular weight is 504 g/mol. The molecule has 1 aliphatic heterocycles. The number of hydrogen-bond donors (Lipinski definition) is 0. The predicted octanol–water partition coefficient (Wildman–Crippen LogP) is 3.33. The number of benzene rings is 1. The van der Waals surface area contributed by atoms with Gasteiger partial charge >= 0.3 is 0 Å². The molecule has 0 N–H and O–H groups in total. The van der Waals surface area contributed by atoms with E-state index in [0.717, 1.165) is 17.2 Å². The normalized spacial score (nSPS) is 16.7. The number of sulfonamides is 1. The molecular formula is C24H29N3O5S2. The van der Waals surface area contributed by atoms with Crippen molar-refractivity contribution in [1.29, 1.82) is 0 Å². The number of carbonyl (C=O) groups excluding carboxylic acids is 1. The maximum absolute atomic E-state index is 13.2. The summed E-state index contributed by atoms with van der Waals surface area (Å²) < 4.78 is 47.1. The summed E-state index contributed by atoms with van der Waals surface area (Å²) in [6.45, 7) is 4.81. The molecule has 0 amide bonds. The average Bonchev–Trinajstić information content (AvgIpc) is 3.17. The van der Waals surface area contributed by atoms with Crippen molar-refractivity contribution in [3.63, 3.8) is 0 Å². The first-order valence-corrected chi connectivity index (χ1v) is 14.2. The minimum absolute atomic E-state index is 0.0184. The molecule has 1 saturated heterocycles. The number of ether oxygens (including phenoxy) is 1. The zero-order chi connectivity index (χ0) is 24.5. The maximum Gasteiger partial charge on any atom is 0.243 e. The Balaban J connectivity index is 1.53. The van der Waals surface area contributed by atoms with E-state index < -0.39 is 20.8 Å². The number of pyridine rings is 1. The van der Waals surface area contributed by atoms with Gasteiger partial charge in [0.15, 0.2) is 0 Å². The van der Waals surface area contributed by atoms with E-state index in [1.54, 1.807) is 41.2 Å². The Morgan fingerprint density at radius 1 is 1.15 bits per heavy atom. The van der Waals surface area contributed by atoms with Crippen molar-refractivity contribution >= 4 is 38.1 Å². The summed E-state index contributed by atoms with van der Waals surface area (Å²) >= 11 is 0. The van der Waals surface area contributed by atoms with Crippen LogP contribution in [-0.4, -0.2) is 58.2 Å². The van der Waals surface area contributed by atoms with Crippen LogP contribution in [0.2, 0.25) is 0 Å². The highest BCUT2D eigenvalue weighted by molar-refractivity contribution is 7.89. The van der Waals surface area contributed by atoms with Crippen LogP contribution in [0, 0.1) is 0 Å². The minimum atomic E-state index is -3.59. The molecule has 182 valence electrons. The van der Waals surface area contributed by atoms with Gasteiger partial charge in [0.2, 0.25) is 10.0 Å². The highest BCUT2D eigenvalue weighted by Crippen LogP contribution is 2.36. The molecule has 10 heteroatoms. The molecule has 0 bridgehead atoms. The Morgan fingerprint density at radius 3 is 2.41 bits per heavy atom. The summed E-state index contributed by atoms with van der Waals surface area (Å²) in [6, 6.07) is 10.2. The third-order valence-corrected chi connectivity index (χ3v) is 8.75. The quantitative estimate of drug-likeness (QED) is 0.437. The van der Waals surface area contributed by atoms with E-state index in [0.29, 0.717) is 42.4 Å². The molecule has 1 fully saturated rings. The van der Waals surface area contributed by atoms with Gasteiger partial charge in [0.05, 0.1) is 28.3 Å². The molecule has 0 saturated carbocycles. The summed E-state index contributed by atoms with van der Waals surface area (Å²) in [5.74, 6) is 0.784. The van der Waals surface area contributed by atoms with Crippen molar-refractivity contribution in [2.24, 2.45) is 0 Å². The van der Waals surface area contributed by atoms with Crippen molar-refractivity contribution in [1.82, 2.24) is 13.9 Å². The fraction of sp³-hybridized carbons (Fsp3) is 0.417. The molecule has 4 rings (SSSR count). The second-order valence-corrected chi connectivity index (χ2v) is 12.0. The Morgan fingerprint density at radius 2 is 1.82 bits per heavy atom. The smallest absolute Gasteiger partial charge is 0.243 e. The number of aldehydes is 1. The van der Waals surface area contributed by atoms with E-state index in [1.165, 1.54) is 4.31 Å². The number of aromatic nitrogens is 2. The van der Waals surface area contributed by atoms with Crippen LogP contribution in [0.1, 0.15) is 38.2 Å². The first-order valence-electron chi connectivity index (χ1n) is 11.2. The molecule has 0 aliphatic carbocycles. The summed E-state index contributed by atoms with van der Waals surface area (Å²) in [7, 11) is -4.82. The predicted molar refractivity (Wildman–Crippen MR) is 131 cm³/mol. The van der Waals surface area contributed by atoms with Crippen molar-refractivity contribution in [3.8, 4) is 5.75 Å². The number of rotatable bonds is 8. The molecular weight excluding hydrogens is 474 g/mol. The lowest BCUT2D eigenvalue weighted by molar-refractivity contribution is -0.108. The van der Waals surface area contributed by atoms with E-state index in [1.807, 2.05) is 26.1 Å². The van der Waals surface area contributed by atoms with Crippen LogP contribution in [0.5, 0.6) is 5.75 Å². The fourth-order valence-electron chi connectivity index (χ4n) is 4.40. The second kappa shape index (κ2) is 9.97. The molecule has 1 unspecified atom stereocenters. The summed E-state index contributed by atoms with van der Waals surface area (Å²) in [6.07, 6.45) is 5.66. The third kappa shape index (κ3) is 4.94. The zero-order valence-corrected chi connectivity index (χ0v) is 21.1. The van der Waals surface area contributed by atoms with Gasteiger partial charge in [-0.25, -0.2) is 13.4 Å². The van der Waals surface area contributed by atoms with E-state index in [9.17, 15) is 17.4 Å². The van der Waals surface area contributed by atoms with Gasteiger partial charge in [-0.05, 0) is 74.6 Å². The number of carbonyl (C=O) groups is 1. The van der Waals surface area contributed by atoms with Crippen molar-refractivity contribution in [3.05, 3.63) is 48.2 Å². The van der Waals surface area contributed by atoms with E-state index in [4.69, 9.17) is 4.74 Å². The molecule has 34 heavy (non-hydrogen) atoms. The van der Waals surface area contributed by atoms with E-state index in [-0.39, 0.29) is 23.5 Å². The van der Waals surface area contributed by atoms with Gasteiger partial charge in [-0.1, -0.05) is 0 Å². The maximum atomic E-state index is 13.2. The summed E-state index contributed by atoms with van der Waals surface area (Å²) in [4.78, 5) is 16.0. The van der Waals surface area contributed by atoms with E-state index in [2.05, 4.69) is 4.98 Å². The third-order valence-electron chi connectivity index (χ3n) is 6.02. The van der Waals surface area contributed by atoms with Crippen molar-refractivity contribution < 1.29 is 22.2 Å². The van der Waals surface area contributed by atoms with Gasteiger partial charge in [-0.3, -0.25) is 4.21 Å². The number of hydrogen-bond acceptors (Lipinski definition) is 6. The molecule has 0 spiro atoms. The van der Waals surface area contributed by atoms with Crippen LogP contribution in [-0.2, 0) is 32.2 Å². The molecule has 1 aliphatic rings. The number of nitrogens with zero attached hydrogens (tertiary/aromatic N) is 3. The first-order chi connectivity index (χ1) is 16.2. The van der Waals surface area contributed by atoms with Gasteiger partial charge in [0, 0.05) is 30.9 Å². The second-order valence-electron chi connectivity index (χ2n) is 8.69. The van der Waals surface area contributed by atoms with Gasteiger partial charge < -0.3 is 14.1 Å². The largest absolute Gasteiger partial charge is 0.491 e. The molecule has 3 heterocycles. The van der Waals surface area contributed by atoms with Gasteiger partial charge in [0.1, 0.15) is 22.7 Å². The molecule has 1 atom stereocenters. The number of piperidine rings is 1. The highest BCUT2D eigenvalue weighted by atomic mass is 32.2. The monoisotopic (exact) mass is 503 g/mol. The van der Waals surface area contributed by atoms with Crippen LogP contribution in [0.15, 0.2) is 52.5 Å². The molecule has 0 radical (unpaired) electrons. The van der Waals surface area contributed by atoms with Crippen LogP contribution >= 0.6 is 0 Å². The zero-order valence-electron chi connectivity index (χ0n) is 19.5. The lowest BCUT2D eigenvalue weighted by Gasteiger charge is -2.31. The van der Waals surface area contributed by atoms with Crippen LogP contribution in [0.3, 0.4) is 0 Å². The highest BCUT2D eigenvalue weighted by Gasteiger charge is 2.31. The summed E-state index contributed by atoms with van der Waals surface area (Å²) in [5, 5.41) is 1.38. The Kier molecular flexibility index (Phi) is 7.20. The Labute approximate surface area is 202 Å². The molecule has 1 aromatic carbocycles. The van der Waals surface area contributed by atoms with Gasteiger partial charge in [0.25, 0.3) is 0 Å². The molecule has 8 nitrogen and oxygen atoms in total. The van der Waals surface area contributed by atoms with Crippen LogP contribution in [0.4, 0.5) is 0 Å². The van der Waals surface area contributed by atoms with Crippen LogP contribution in [0.25, 0.3) is 11.0 Å². The topological polar surface area (TPSA) is 98.6 Å². The Hall–Kier alpha value is -2.56. The lowest BCUT2D eigenvalue weighted by atomic mass is 9.90. The SMILES string of the molecule is CC(C)Oc1ccc(S(=O)(=O)N2CCC(c3cn(CC=O)c4nc(S(C)=O)ccc34)CC2)cc1. The summed E-state index contributed by atoms with van der Waals surface area (Å²) in [5.41, 5.74) is 1.68. The minimum Gasteiger partial charge on any atom is -0.491 e. The van der Waals surface area contributed by atoms with Gasteiger partial charge in [-0.15, -0.1) is 0 Å². The van der Waals surface area contributed by atoms with Crippen molar-refractivity contribution in [2.75, 3.05) is 19.3 Å². The standard InChI is InChI=1S/C24H29N3O5S2/c1-17(2)32-19-4-6-20(7-5-19)34(30,31)27-12-10-18(11-13-27)22-16-26(14-15-28)24-21(22)8-9-23(25-24)33(3)29/h4-9,15-18H,10-14H2,1-3H3. The van der Waals surface area contributed by atoms with Crippen molar-refractivity contribution in [2.45, 2.75) is 55.2 Å². The first kappa shape index (κ1) is 24.6. The fourth-order valence-corrected chi connectivity index (χ4v) is 6.34. The Bertz CT molecular complexity index is 1310. The lowest BCUT2D eigenvalue weighted by Crippen LogP contribution is -2.37. The number of fused-ring (bicyclic) bond motifs is 1.